The Hall–Kier alpha value is -3.94. The monoisotopic (exact) mass is 565 g/mol. The average molecular weight is 566 g/mol. The molecule has 0 saturated heterocycles. The SMILES string of the molecule is CN1C(=O)[C@H](NC(=O)Nc2cccc(C(=O)NS(=O)(=O)C(F)(F)F)c2)N=C(C2CCCCC2)c2ccccc21. The van der Waals surface area contributed by atoms with Gasteiger partial charge in [-0.2, -0.15) is 21.6 Å². The van der Waals surface area contributed by atoms with Crippen LogP contribution in [0.3, 0.4) is 0 Å². The summed E-state index contributed by atoms with van der Waals surface area (Å²) in [7, 11) is -4.32. The molecule has 1 aliphatic carbocycles. The molecule has 1 heterocycles. The van der Waals surface area contributed by atoms with Crippen LogP contribution in [-0.4, -0.2) is 50.7 Å². The van der Waals surface area contributed by atoms with E-state index in [0.717, 1.165) is 60.2 Å². The van der Waals surface area contributed by atoms with Gasteiger partial charge in [-0.3, -0.25) is 14.6 Å². The van der Waals surface area contributed by atoms with Crippen LogP contribution in [-0.2, 0) is 14.8 Å². The molecule has 1 atom stereocenters. The fourth-order valence-electron chi connectivity index (χ4n) is 4.61. The number of hydrogen-bond donors (Lipinski definition) is 3. The van der Waals surface area contributed by atoms with Crippen molar-refractivity contribution < 1.29 is 36.0 Å². The Kier molecular flexibility index (Phi) is 7.95. The lowest BCUT2D eigenvalue weighted by Gasteiger charge is -2.25. The number of carbonyl (C=O) groups excluding carboxylic acids is 3. The second kappa shape index (κ2) is 11.0. The first-order chi connectivity index (χ1) is 18.4. The number of nitrogens with one attached hydrogen (secondary N) is 3. The predicted molar refractivity (Wildman–Crippen MR) is 138 cm³/mol. The minimum atomic E-state index is -5.91. The number of hydrogen-bond acceptors (Lipinski definition) is 6. The van der Waals surface area contributed by atoms with Crippen molar-refractivity contribution in [2.24, 2.45) is 10.9 Å². The highest BCUT2D eigenvalue weighted by Crippen LogP contribution is 2.33. The Morgan fingerprint density at radius 1 is 1.03 bits per heavy atom. The Labute approximate surface area is 222 Å². The van der Waals surface area contributed by atoms with Gasteiger partial charge in [0.15, 0.2) is 0 Å². The molecule has 2 aliphatic rings. The molecule has 1 fully saturated rings. The van der Waals surface area contributed by atoms with Crippen LogP contribution in [0.15, 0.2) is 53.5 Å². The molecule has 4 rings (SSSR count). The van der Waals surface area contributed by atoms with Crippen LogP contribution in [0.25, 0.3) is 0 Å². The summed E-state index contributed by atoms with van der Waals surface area (Å²) in [6.07, 6.45) is 3.73. The van der Waals surface area contributed by atoms with E-state index in [9.17, 15) is 36.0 Å². The van der Waals surface area contributed by atoms with Crippen molar-refractivity contribution in [3.8, 4) is 0 Å². The van der Waals surface area contributed by atoms with Gasteiger partial charge in [0.2, 0.25) is 6.17 Å². The normalized spacial score (nSPS) is 18.5. The third-order valence-corrected chi connectivity index (χ3v) is 7.61. The topological polar surface area (TPSA) is 137 Å². The van der Waals surface area contributed by atoms with Crippen LogP contribution >= 0.6 is 0 Å². The molecule has 0 radical (unpaired) electrons. The van der Waals surface area contributed by atoms with E-state index in [4.69, 9.17) is 0 Å². The summed E-state index contributed by atoms with van der Waals surface area (Å²) < 4.78 is 61.2. The maximum Gasteiger partial charge on any atom is 0.516 e. The summed E-state index contributed by atoms with van der Waals surface area (Å²) in [5, 5.41) is 4.93. The van der Waals surface area contributed by atoms with E-state index in [1.807, 2.05) is 24.3 Å². The van der Waals surface area contributed by atoms with Gasteiger partial charge >= 0.3 is 21.6 Å². The van der Waals surface area contributed by atoms with Crippen molar-refractivity contribution in [3.63, 3.8) is 0 Å². The molecule has 3 N–H and O–H groups in total. The fraction of sp³-hybridized carbons (Fsp3) is 0.360. The first-order valence-electron chi connectivity index (χ1n) is 12.1. The summed E-state index contributed by atoms with van der Waals surface area (Å²) in [5.41, 5.74) is -3.93. The highest BCUT2D eigenvalue weighted by atomic mass is 32.2. The lowest BCUT2D eigenvalue weighted by molar-refractivity contribution is -0.119. The van der Waals surface area contributed by atoms with Crippen LogP contribution in [0.2, 0.25) is 0 Å². The van der Waals surface area contributed by atoms with Gasteiger partial charge in [0.05, 0.1) is 11.4 Å². The summed E-state index contributed by atoms with van der Waals surface area (Å²) in [4.78, 5) is 44.3. The van der Waals surface area contributed by atoms with Gasteiger partial charge in [-0.25, -0.2) is 9.52 Å². The third kappa shape index (κ3) is 6.21. The van der Waals surface area contributed by atoms with E-state index >= 15 is 0 Å². The maximum atomic E-state index is 13.3. The van der Waals surface area contributed by atoms with Gasteiger partial charge in [-0.1, -0.05) is 43.5 Å². The Morgan fingerprint density at radius 3 is 2.41 bits per heavy atom. The van der Waals surface area contributed by atoms with Crippen molar-refractivity contribution in [2.75, 3.05) is 17.3 Å². The molecule has 208 valence electrons. The molecule has 2 aromatic rings. The number of para-hydroxylation sites is 1. The zero-order chi connectivity index (χ0) is 28.4. The number of urea groups is 1. The van der Waals surface area contributed by atoms with Gasteiger partial charge in [-0.05, 0) is 37.1 Å². The van der Waals surface area contributed by atoms with Gasteiger partial charge in [0, 0.05) is 29.8 Å². The molecule has 39 heavy (non-hydrogen) atoms. The molecule has 1 aliphatic heterocycles. The molecule has 14 heteroatoms. The Bertz CT molecular complexity index is 1420. The van der Waals surface area contributed by atoms with Crippen molar-refractivity contribution in [1.82, 2.24) is 10.0 Å². The Morgan fingerprint density at radius 2 is 1.72 bits per heavy atom. The van der Waals surface area contributed by atoms with Crippen molar-refractivity contribution in [1.29, 1.82) is 0 Å². The number of amides is 4. The zero-order valence-corrected chi connectivity index (χ0v) is 21.6. The number of halogens is 3. The van der Waals surface area contributed by atoms with Gasteiger partial charge in [0.1, 0.15) is 0 Å². The van der Waals surface area contributed by atoms with Crippen LogP contribution in [0, 0.1) is 5.92 Å². The van der Waals surface area contributed by atoms with Gasteiger partial charge in [0.25, 0.3) is 11.8 Å². The quantitative estimate of drug-likeness (QED) is 0.507. The van der Waals surface area contributed by atoms with Crippen LogP contribution in [0.5, 0.6) is 0 Å². The molecule has 0 spiro atoms. The number of anilines is 2. The van der Waals surface area contributed by atoms with E-state index < -0.39 is 45.1 Å². The third-order valence-electron chi connectivity index (χ3n) is 6.55. The number of likely N-dealkylation sites (N-methyl/N-ethyl adjacent to an activating group) is 1. The zero-order valence-electron chi connectivity index (χ0n) is 20.8. The van der Waals surface area contributed by atoms with Crippen molar-refractivity contribution >= 4 is 45.0 Å². The summed E-state index contributed by atoms with van der Waals surface area (Å²) in [6, 6.07) is 11.2. The molecular formula is C25H26F3N5O5S. The van der Waals surface area contributed by atoms with E-state index in [-0.39, 0.29) is 11.6 Å². The van der Waals surface area contributed by atoms with Crippen LogP contribution in [0.1, 0.15) is 48.0 Å². The number of fused-ring (bicyclic) bond motifs is 1. The number of alkyl halides is 3. The number of carbonyl (C=O) groups is 3. The van der Waals surface area contributed by atoms with Crippen molar-refractivity contribution in [2.45, 2.75) is 43.8 Å². The molecule has 10 nitrogen and oxygen atoms in total. The maximum absolute atomic E-state index is 13.3. The molecule has 0 unspecified atom stereocenters. The number of sulfonamides is 1. The highest BCUT2D eigenvalue weighted by molar-refractivity contribution is 7.90. The highest BCUT2D eigenvalue weighted by Gasteiger charge is 2.47. The first-order valence-corrected chi connectivity index (χ1v) is 13.6. The van der Waals surface area contributed by atoms with Crippen molar-refractivity contribution in [3.05, 3.63) is 59.7 Å². The summed E-state index contributed by atoms with van der Waals surface area (Å²) >= 11 is 0. The van der Waals surface area contributed by atoms with E-state index in [2.05, 4.69) is 15.6 Å². The predicted octanol–water partition coefficient (Wildman–Crippen LogP) is 3.76. The minimum Gasteiger partial charge on any atom is -0.311 e. The molecule has 0 aromatic heterocycles. The van der Waals surface area contributed by atoms with Gasteiger partial charge in [-0.15, -0.1) is 0 Å². The lowest BCUT2D eigenvalue weighted by atomic mass is 9.83. The van der Waals surface area contributed by atoms with Crippen LogP contribution in [0.4, 0.5) is 29.3 Å². The smallest absolute Gasteiger partial charge is 0.311 e. The minimum absolute atomic E-state index is 0.0289. The van der Waals surface area contributed by atoms with E-state index in [0.29, 0.717) is 5.69 Å². The summed E-state index contributed by atoms with van der Waals surface area (Å²) in [5.74, 6) is -1.89. The number of nitrogens with zero attached hydrogens (tertiary/aromatic N) is 2. The number of rotatable bonds is 5. The molecule has 0 bridgehead atoms. The average Bonchev–Trinajstić information content (AvgIpc) is 2.99. The fourth-order valence-corrected chi connectivity index (χ4v) is 5.09. The summed E-state index contributed by atoms with van der Waals surface area (Å²) in [6.45, 7) is 0. The molecule has 4 amide bonds. The first kappa shape index (κ1) is 28.1. The molecule has 2 aromatic carbocycles. The molecule has 1 saturated carbocycles. The largest absolute Gasteiger partial charge is 0.516 e. The standard InChI is InChI=1S/C25H26F3N5O5S/c1-33-19-13-6-5-12-18(19)20(15-8-3-2-4-9-15)30-21(23(33)35)31-24(36)29-17-11-7-10-16(14-17)22(34)32-39(37,38)25(26,27)28/h5-7,10-15,21H,2-4,8-9H2,1H3,(H,32,34)(H2,29,31,36)/t21-/m0/s1. The second-order valence-corrected chi connectivity index (χ2v) is 10.9. The van der Waals surface area contributed by atoms with E-state index in [1.165, 1.54) is 17.0 Å². The Balaban J connectivity index is 1.53. The lowest BCUT2D eigenvalue weighted by Crippen LogP contribution is -2.47. The van der Waals surface area contributed by atoms with Crippen LogP contribution < -0.4 is 20.3 Å². The molecular weight excluding hydrogens is 539 g/mol. The number of aliphatic imine (C=N–C) groups is 1. The van der Waals surface area contributed by atoms with Gasteiger partial charge < -0.3 is 15.5 Å². The number of benzene rings is 2. The van der Waals surface area contributed by atoms with E-state index in [1.54, 1.807) is 7.05 Å². The number of benzodiazepines with no additional fused rings is 1. The second-order valence-electron chi connectivity index (χ2n) is 9.23.